The van der Waals surface area contributed by atoms with Gasteiger partial charge in [-0.1, -0.05) is 49.9 Å². The average molecular weight is 232 g/mol. The molecular weight excluding hydrogens is 208 g/mol. The predicted molar refractivity (Wildman–Crippen MR) is 72.1 cm³/mol. The molecule has 1 heteroatoms. The smallest absolute Gasteiger partial charge is 0.0840 e. The Labute approximate surface area is 105 Å². The second-order valence-electron chi connectivity index (χ2n) is 5.87. The molecule has 0 heterocycles. The Morgan fingerprint density at radius 1 is 1.06 bits per heavy atom. The van der Waals surface area contributed by atoms with Gasteiger partial charge in [0.05, 0.1) is 5.60 Å². The Kier molecular flexibility index (Phi) is 3.88. The molecule has 0 aliphatic heterocycles. The first-order chi connectivity index (χ1) is 8.07. The zero-order valence-electron chi connectivity index (χ0n) is 11.1. The van der Waals surface area contributed by atoms with Crippen molar-refractivity contribution in [1.29, 1.82) is 0 Å². The molecule has 1 nitrogen and oxygen atoms in total. The first-order valence-corrected chi connectivity index (χ1v) is 6.90. The lowest BCUT2D eigenvalue weighted by atomic mass is 9.88. The molecule has 1 aromatic carbocycles. The minimum atomic E-state index is -0.721. The fourth-order valence-electron chi connectivity index (χ4n) is 2.79. The van der Waals surface area contributed by atoms with Crippen LogP contribution in [0.1, 0.15) is 69.4 Å². The van der Waals surface area contributed by atoms with E-state index in [1.807, 2.05) is 19.9 Å². The van der Waals surface area contributed by atoms with Crippen LogP contribution < -0.4 is 0 Å². The molecule has 0 saturated heterocycles. The lowest BCUT2D eigenvalue weighted by Gasteiger charge is -2.21. The van der Waals surface area contributed by atoms with E-state index in [4.69, 9.17) is 0 Å². The van der Waals surface area contributed by atoms with Crippen molar-refractivity contribution in [1.82, 2.24) is 0 Å². The van der Waals surface area contributed by atoms with Crippen LogP contribution in [-0.4, -0.2) is 5.11 Å². The van der Waals surface area contributed by atoms with Crippen LogP contribution in [0.2, 0.25) is 0 Å². The molecule has 2 rings (SSSR count). The van der Waals surface area contributed by atoms with Gasteiger partial charge in [0.25, 0.3) is 0 Å². The van der Waals surface area contributed by atoms with E-state index in [0.29, 0.717) is 5.92 Å². The number of benzene rings is 1. The highest BCUT2D eigenvalue weighted by atomic mass is 16.3. The maximum absolute atomic E-state index is 10.1. The van der Waals surface area contributed by atoms with E-state index in [1.54, 1.807) is 0 Å². The summed E-state index contributed by atoms with van der Waals surface area (Å²) in [6.07, 6.45) is 8.13. The van der Waals surface area contributed by atoms with Gasteiger partial charge in [0.2, 0.25) is 0 Å². The van der Waals surface area contributed by atoms with Gasteiger partial charge < -0.3 is 5.11 Å². The summed E-state index contributed by atoms with van der Waals surface area (Å²) in [7, 11) is 0. The summed E-state index contributed by atoms with van der Waals surface area (Å²) in [4.78, 5) is 0. The van der Waals surface area contributed by atoms with Crippen molar-refractivity contribution in [2.24, 2.45) is 0 Å². The molecule has 17 heavy (non-hydrogen) atoms. The third kappa shape index (κ3) is 3.32. The summed E-state index contributed by atoms with van der Waals surface area (Å²) in [6, 6.07) is 8.55. The molecule has 0 amide bonds. The fraction of sp³-hybridized carbons (Fsp3) is 0.625. The summed E-state index contributed by atoms with van der Waals surface area (Å²) in [5.41, 5.74) is 1.74. The van der Waals surface area contributed by atoms with Gasteiger partial charge >= 0.3 is 0 Å². The van der Waals surface area contributed by atoms with Crippen LogP contribution in [0.4, 0.5) is 0 Å². The summed E-state index contributed by atoms with van der Waals surface area (Å²) in [6.45, 7) is 3.72. The third-order valence-electron chi connectivity index (χ3n) is 3.92. The highest BCUT2D eigenvalue weighted by Crippen LogP contribution is 2.33. The Bertz CT molecular complexity index is 354. The number of hydrogen-bond acceptors (Lipinski definition) is 1. The lowest BCUT2D eigenvalue weighted by Crippen LogP contribution is -2.15. The molecule has 1 N–H and O–H groups in total. The average Bonchev–Trinajstić information content (AvgIpc) is 2.56. The summed E-state index contributed by atoms with van der Waals surface area (Å²) in [5.74, 6) is 0.708. The maximum Gasteiger partial charge on any atom is 0.0840 e. The summed E-state index contributed by atoms with van der Waals surface area (Å²) < 4.78 is 0. The standard InChI is InChI=1S/C16H24O/c1-16(2,17)15-11-7-10-14(12-15)13-8-5-3-4-6-9-13/h7,10-13,17H,3-6,8-9H2,1-2H3. The molecular formula is C16H24O. The topological polar surface area (TPSA) is 20.2 Å². The van der Waals surface area contributed by atoms with Crippen molar-refractivity contribution in [3.63, 3.8) is 0 Å². The molecule has 0 bridgehead atoms. The van der Waals surface area contributed by atoms with Gasteiger partial charge in [0.15, 0.2) is 0 Å². The normalized spacial score (nSPS) is 19.0. The van der Waals surface area contributed by atoms with E-state index >= 15 is 0 Å². The summed E-state index contributed by atoms with van der Waals surface area (Å²) >= 11 is 0. The largest absolute Gasteiger partial charge is 0.386 e. The molecule has 1 aromatic rings. The fourth-order valence-corrected chi connectivity index (χ4v) is 2.79. The van der Waals surface area contributed by atoms with Gasteiger partial charge in [-0.05, 0) is 43.7 Å². The molecule has 1 saturated carbocycles. The van der Waals surface area contributed by atoms with E-state index in [2.05, 4.69) is 18.2 Å². The summed E-state index contributed by atoms with van der Waals surface area (Å²) in [5, 5.41) is 10.1. The van der Waals surface area contributed by atoms with E-state index in [1.165, 1.54) is 44.1 Å². The zero-order valence-corrected chi connectivity index (χ0v) is 11.1. The van der Waals surface area contributed by atoms with Crippen molar-refractivity contribution in [3.8, 4) is 0 Å². The quantitative estimate of drug-likeness (QED) is 0.751. The first-order valence-electron chi connectivity index (χ1n) is 6.90. The van der Waals surface area contributed by atoms with Crippen molar-refractivity contribution in [2.45, 2.75) is 63.9 Å². The zero-order chi connectivity index (χ0) is 12.3. The van der Waals surface area contributed by atoms with Crippen molar-refractivity contribution < 1.29 is 5.11 Å². The van der Waals surface area contributed by atoms with E-state index in [0.717, 1.165) is 5.56 Å². The van der Waals surface area contributed by atoms with E-state index < -0.39 is 5.60 Å². The Balaban J connectivity index is 2.20. The van der Waals surface area contributed by atoms with Crippen LogP contribution in [0.5, 0.6) is 0 Å². The number of rotatable bonds is 2. The van der Waals surface area contributed by atoms with Crippen LogP contribution in [0.15, 0.2) is 24.3 Å². The minimum absolute atomic E-state index is 0.708. The van der Waals surface area contributed by atoms with Gasteiger partial charge in [0.1, 0.15) is 0 Å². The minimum Gasteiger partial charge on any atom is -0.386 e. The second kappa shape index (κ2) is 5.22. The van der Waals surface area contributed by atoms with Crippen LogP contribution in [0, 0.1) is 0 Å². The molecule has 1 aliphatic rings. The molecule has 0 aromatic heterocycles. The molecule has 1 aliphatic carbocycles. The van der Waals surface area contributed by atoms with Crippen molar-refractivity contribution in [3.05, 3.63) is 35.4 Å². The molecule has 94 valence electrons. The van der Waals surface area contributed by atoms with E-state index in [9.17, 15) is 5.11 Å². The van der Waals surface area contributed by atoms with E-state index in [-0.39, 0.29) is 0 Å². The van der Waals surface area contributed by atoms with Gasteiger partial charge in [-0.3, -0.25) is 0 Å². The number of hydrogen-bond donors (Lipinski definition) is 1. The van der Waals surface area contributed by atoms with Gasteiger partial charge in [0, 0.05) is 0 Å². The molecule has 0 atom stereocenters. The van der Waals surface area contributed by atoms with Gasteiger partial charge in [-0.15, -0.1) is 0 Å². The van der Waals surface area contributed by atoms with Crippen LogP contribution in [-0.2, 0) is 5.60 Å². The lowest BCUT2D eigenvalue weighted by molar-refractivity contribution is 0.0785. The first kappa shape index (κ1) is 12.6. The highest BCUT2D eigenvalue weighted by Gasteiger charge is 2.19. The third-order valence-corrected chi connectivity index (χ3v) is 3.92. The van der Waals surface area contributed by atoms with Crippen LogP contribution in [0.25, 0.3) is 0 Å². The Hall–Kier alpha value is -0.820. The molecule has 1 fully saturated rings. The molecule has 0 spiro atoms. The van der Waals surface area contributed by atoms with Crippen molar-refractivity contribution in [2.75, 3.05) is 0 Å². The SMILES string of the molecule is CC(C)(O)c1cccc(C2CCCCCC2)c1. The Morgan fingerprint density at radius 3 is 2.29 bits per heavy atom. The van der Waals surface area contributed by atoms with Crippen LogP contribution >= 0.6 is 0 Å². The number of aliphatic hydroxyl groups is 1. The predicted octanol–water partition coefficient (Wildman–Crippen LogP) is 4.35. The molecule has 0 unspecified atom stereocenters. The highest BCUT2D eigenvalue weighted by molar-refractivity contribution is 5.29. The van der Waals surface area contributed by atoms with Gasteiger partial charge in [-0.25, -0.2) is 0 Å². The monoisotopic (exact) mass is 232 g/mol. The van der Waals surface area contributed by atoms with Gasteiger partial charge in [-0.2, -0.15) is 0 Å². The maximum atomic E-state index is 10.1. The molecule has 0 radical (unpaired) electrons. The second-order valence-corrected chi connectivity index (χ2v) is 5.87. The Morgan fingerprint density at radius 2 is 1.71 bits per heavy atom. The van der Waals surface area contributed by atoms with Crippen molar-refractivity contribution >= 4 is 0 Å². The van der Waals surface area contributed by atoms with Crippen LogP contribution in [0.3, 0.4) is 0 Å².